The molecule has 2 nitrogen and oxygen atoms in total. The second-order valence-corrected chi connectivity index (χ2v) is 4.66. The van der Waals surface area contributed by atoms with Gasteiger partial charge in [-0.1, -0.05) is 35.9 Å². The quantitative estimate of drug-likeness (QED) is 0.670. The van der Waals surface area contributed by atoms with Crippen molar-refractivity contribution >= 4 is 11.6 Å². The number of halogens is 4. The van der Waals surface area contributed by atoms with Crippen molar-refractivity contribution in [2.24, 2.45) is 5.84 Å². The van der Waals surface area contributed by atoms with Crippen LogP contribution >= 0.6 is 11.6 Å². The molecule has 0 amide bonds. The minimum atomic E-state index is -0.944. The topological polar surface area (TPSA) is 38.0 Å². The van der Waals surface area contributed by atoms with E-state index in [0.717, 1.165) is 6.07 Å². The Hall–Kier alpha value is -1.56. The fourth-order valence-electron chi connectivity index (χ4n) is 1.97. The zero-order chi connectivity index (χ0) is 14.7. The van der Waals surface area contributed by atoms with E-state index in [2.05, 4.69) is 5.43 Å². The van der Waals surface area contributed by atoms with Crippen molar-refractivity contribution < 1.29 is 13.2 Å². The summed E-state index contributed by atoms with van der Waals surface area (Å²) >= 11 is 5.87. The number of hydrazine groups is 1. The van der Waals surface area contributed by atoms with Crippen molar-refractivity contribution in [3.05, 3.63) is 70.0 Å². The molecular weight excluding hydrogens is 289 g/mol. The molecule has 2 rings (SSSR count). The minimum absolute atomic E-state index is 0.0449. The molecule has 106 valence electrons. The lowest BCUT2D eigenvalue weighted by atomic mass is 9.98. The molecule has 1 unspecified atom stereocenters. The molecule has 0 aliphatic heterocycles. The molecular formula is C14H12ClF3N2. The van der Waals surface area contributed by atoms with E-state index in [4.69, 9.17) is 17.4 Å². The van der Waals surface area contributed by atoms with E-state index in [9.17, 15) is 13.2 Å². The normalized spacial score (nSPS) is 12.4. The summed E-state index contributed by atoms with van der Waals surface area (Å²) < 4.78 is 40.2. The van der Waals surface area contributed by atoms with Crippen LogP contribution in [-0.2, 0) is 6.42 Å². The summed E-state index contributed by atoms with van der Waals surface area (Å²) in [6, 6.07) is 7.50. The average molecular weight is 301 g/mol. The van der Waals surface area contributed by atoms with Gasteiger partial charge in [0.05, 0.1) is 11.1 Å². The second kappa shape index (κ2) is 6.26. The monoisotopic (exact) mass is 300 g/mol. The lowest BCUT2D eigenvalue weighted by molar-refractivity contribution is 0.480. The van der Waals surface area contributed by atoms with Crippen LogP contribution in [0.2, 0.25) is 5.02 Å². The molecule has 0 saturated carbocycles. The highest BCUT2D eigenvalue weighted by atomic mass is 35.5. The Morgan fingerprint density at radius 2 is 1.70 bits per heavy atom. The average Bonchev–Trinajstić information content (AvgIpc) is 2.44. The lowest BCUT2D eigenvalue weighted by Crippen LogP contribution is -2.30. The molecule has 20 heavy (non-hydrogen) atoms. The van der Waals surface area contributed by atoms with Crippen LogP contribution in [0.25, 0.3) is 0 Å². The number of hydrogen-bond acceptors (Lipinski definition) is 2. The maximum atomic E-state index is 13.6. The van der Waals surface area contributed by atoms with Crippen molar-refractivity contribution in [1.82, 2.24) is 5.43 Å². The van der Waals surface area contributed by atoms with Crippen LogP contribution in [-0.4, -0.2) is 0 Å². The summed E-state index contributed by atoms with van der Waals surface area (Å²) in [5, 5.41) is -0.0905. The van der Waals surface area contributed by atoms with Crippen molar-refractivity contribution in [2.75, 3.05) is 0 Å². The molecule has 0 aliphatic rings. The summed E-state index contributed by atoms with van der Waals surface area (Å²) in [5.74, 6) is 2.93. The fourth-order valence-corrected chi connectivity index (χ4v) is 2.23. The van der Waals surface area contributed by atoms with Crippen LogP contribution in [0.15, 0.2) is 36.4 Å². The minimum Gasteiger partial charge on any atom is -0.271 e. The van der Waals surface area contributed by atoms with Gasteiger partial charge in [-0.05, 0) is 29.7 Å². The van der Waals surface area contributed by atoms with Crippen LogP contribution in [0.1, 0.15) is 17.2 Å². The van der Waals surface area contributed by atoms with Crippen molar-refractivity contribution in [3.63, 3.8) is 0 Å². The van der Waals surface area contributed by atoms with Crippen LogP contribution in [0.3, 0.4) is 0 Å². The third-order valence-corrected chi connectivity index (χ3v) is 3.41. The maximum absolute atomic E-state index is 13.6. The van der Waals surface area contributed by atoms with Gasteiger partial charge in [0.25, 0.3) is 0 Å². The van der Waals surface area contributed by atoms with E-state index in [1.54, 1.807) is 6.07 Å². The Balaban J connectivity index is 2.34. The highest BCUT2D eigenvalue weighted by Crippen LogP contribution is 2.28. The fraction of sp³-hybridized carbons (Fsp3) is 0.143. The summed E-state index contributed by atoms with van der Waals surface area (Å²) in [4.78, 5) is 0. The van der Waals surface area contributed by atoms with Gasteiger partial charge in [-0.25, -0.2) is 13.2 Å². The van der Waals surface area contributed by atoms with Crippen LogP contribution in [0, 0.1) is 17.5 Å². The molecule has 0 fully saturated rings. The smallest absolute Gasteiger partial charge is 0.162 e. The van der Waals surface area contributed by atoms with Gasteiger partial charge in [-0.15, -0.1) is 0 Å². The zero-order valence-corrected chi connectivity index (χ0v) is 11.1. The Bertz CT molecular complexity index is 619. The SMILES string of the molecule is NNC(Cc1cccc(F)c1F)c1cccc(F)c1Cl. The summed E-state index contributed by atoms with van der Waals surface area (Å²) in [6.45, 7) is 0. The highest BCUT2D eigenvalue weighted by Gasteiger charge is 2.19. The first-order chi connectivity index (χ1) is 9.54. The molecule has 1 atom stereocenters. The molecule has 0 radical (unpaired) electrons. The number of nitrogens with one attached hydrogen (secondary N) is 1. The number of benzene rings is 2. The molecule has 3 N–H and O–H groups in total. The number of hydrogen-bond donors (Lipinski definition) is 2. The van der Waals surface area contributed by atoms with Crippen molar-refractivity contribution in [1.29, 1.82) is 0 Å². The van der Waals surface area contributed by atoms with Crippen molar-refractivity contribution in [2.45, 2.75) is 12.5 Å². The van der Waals surface area contributed by atoms with Gasteiger partial charge >= 0.3 is 0 Å². The molecule has 0 heterocycles. The molecule has 0 spiro atoms. The van der Waals surface area contributed by atoms with Crippen LogP contribution in [0.5, 0.6) is 0 Å². The van der Waals surface area contributed by atoms with Gasteiger partial charge in [0.2, 0.25) is 0 Å². The summed E-state index contributed by atoms with van der Waals surface area (Å²) in [6.07, 6.45) is 0.0449. The molecule has 2 aromatic carbocycles. The molecule has 6 heteroatoms. The summed E-state index contributed by atoms with van der Waals surface area (Å²) in [5.41, 5.74) is 2.96. The van der Waals surface area contributed by atoms with Gasteiger partial charge in [-0.3, -0.25) is 11.3 Å². The third kappa shape index (κ3) is 2.95. The largest absolute Gasteiger partial charge is 0.271 e. The van der Waals surface area contributed by atoms with Crippen LogP contribution in [0.4, 0.5) is 13.2 Å². The first kappa shape index (κ1) is 14.8. The zero-order valence-electron chi connectivity index (χ0n) is 10.3. The second-order valence-electron chi connectivity index (χ2n) is 4.28. The number of rotatable bonds is 4. The maximum Gasteiger partial charge on any atom is 0.162 e. The van der Waals surface area contributed by atoms with E-state index in [1.165, 1.54) is 24.3 Å². The van der Waals surface area contributed by atoms with E-state index < -0.39 is 23.5 Å². The predicted molar refractivity (Wildman–Crippen MR) is 71.5 cm³/mol. The van der Waals surface area contributed by atoms with Crippen LogP contribution < -0.4 is 11.3 Å². The third-order valence-electron chi connectivity index (χ3n) is 3.01. The van der Waals surface area contributed by atoms with E-state index >= 15 is 0 Å². The standard InChI is InChI=1S/C14H12ClF3N2/c15-13-9(4-2-5-10(13)16)12(20-19)7-8-3-1-6-11(17)14(8)18/h1-6,12,20H,7,19H2. The van der Waals surface area contributed by atoms with Gasteiger partial charge in [-0.2, -0.15) is 0 Å². The molecule has 0 saturated heterocycles. The first-order valence-electron chi connectivity index (χ1n) is 5.87. The van der Waals surface area contributed by atoms with E-state index in [1.807, 2.05) is 0 Å². The molecule has 0 aliphatic carbocycles. The van der Waals surface area contributed by atoms with E-state index in [0.29, 0.717) is 5.56 Å². The Kier molecular flexibility index (Phi) is 4.65. The number of nitrogens with two attached hydrogens (primary N) is 1. The Morgan fingerprint density at radius 1 is 1.05 bits per heavy atom. The van der Waals surface area contributed by atoms with Gasteiger partial charge in [0, 0.05) is 0 Å². The van der Waals surface area contributed by atoms with Gasteiger partial charge in [0.1, 0.15) is 5.82 Å². The lowest BCUT2D eigenvalue weighted by Gasteiger charge is -2.18. The predicted octanol–water partition coefficient (Wildman–Crippen LogP) is 3.50. The Morgan fingerprint density at radius 3 is 2.40 bits per heavy atom. The van der Waals surface area contributed by atoms with E-state index in [-0.39, 0.29) is 17.0 Å². The van der Waals surface area contributed by atoms with Crippen molar-refractivity contribution in [3.8, 4) is 0 Å². The molecule has 0 bridgehead atoms. The van der Waals surface area contributed by atoms with Gasteiger partial charge < -0.3 is 0 Å². The highest BCUT2D eigenvalue weighted by molar-refractivity contribution is 6.31. The summed E-state index contributed by atoms with van der Waals surface area (Å²) in [7, 11) is 0. The Labute approximate surface area is 119 Å². The van der Waals surface area contributed by atoms with Gasteiger partial charge in [0.15, 0.2) is 11.6 Å². The molecule has 2 aromatic rings. The first-order valence-corrected chi connectivity index (χ1v) is 6.25. The molecule has 0 aromatic heterocycles.